The van der Waals surface area contributed by atoms with Gasteiger partial charge in [0.15, 0.2) is 6.10 Å². The van der Waals surface area contributed by atoms with E-state index >= 15 is 0 Å². The van der Waals surface area contributed by atoms with Gasteiger partial charge in [0, 0.05) is 19.7 Å². The fraction of sp³-hybridized carbons (Fsp3) is 0.286. The number of benzene rings is 2. The Bertz CT molecular complexity index is 1080. The van der Waals surface area contributed by atoms with Gasteiger partial charge in [0.2, 0.25) is 15.9 Å². The van der Waals surface area contributed by atoms with Gasteiger partial charge < -0.3 is 20.1 Å². The zero-order chi connectivity index (χ0) is 23.9. The van der Waals surface area contributed by atoms with E-state index in [1.165, 1.54) is 52.3 Å². The minimum atomic E-state index is -3.99. The van der Waals surface area contributed by atoms with Crippen LogP contribution in [0.25, 0.3) is 0 Å². The van der Waals surface area contributed by atoms with E-state index in [0.29, 0.717) is 17.1 Å². The molecule has 0 unspecified atom stereocenters. The number of esters is 1. The molecule has 11 heteroatoms. The van der Waals surface area contributed by atoms with Gasteiger partial charge in [-0.05, 0) is 43.3 Å². The highest BCUT2D eigenvalue weighted by Gasteiger charge is 2.26. The maximum Gasteiger partial charge on any atom is 0.322 e. The van der Waals surface area contributed by atoms with Crippen LogP contribution in [0.15, 0.2) is 53.4 Å². The minimum Gasteiger partial charge on any atom is -0.495 e. The normalized spacial score (nSPS) is 12.0. The summed E-state index contributed by atoms with van der Waals surface area (Å²) in [5, 5.41) is 5.13. The van der Waals surface area contributed by atoms with Crippen LogP contribution in [0.3, 0.4) is 0 Å². The molecule has 0 aromatic heterocycles. The van der Waals surface area contributed by atoms with Crippen LogP contribution in [-0.2, 0) is 29.1 Å². The molecule has 172 valence electrons. The summed E-state index contributed by atoms with van der Waals surface area (Å²) in [7, 11) is -1.31. The Morgan fingerprint density at radius 3 is 2.25 bits per heavy atom. The number of methoxy groups -OCH3 is 1. The number of anilines is 2. The number of sulfonamides is 1. The molecule has 0 spiro atoms. The van der Waals surface area contributed by atoms with E-state index in [0.717, 1.165) is 4.31 Å². The largest absolute Gasteiger partial charge is 0.495 e. The number of carbonyl (C=O) groups is 3. The third kappa shape index (κ3) is 6.53. The Kier molecular flexibility index (Phi) is 8.33. The fourth-order valence-electron chi connectivity index (χ4n) is 2.63. The number of hydrogen-bond acceptors (Lipinski definition) is 7. The predicted octanol–water partition coefficient (Wildman–Crippen LogP) is 1.84. The van der Waals surface area contributed by atoms with Crippen LogP contribution in [0.4, 0.5) is 11.4 Å². The van der Waals surface area contributed by atoms with E-state index in [1.54, 1.807) is 24.3 Å². The minimum absolute atomic E-state index is 0.0659. The van der Waals surface area contributed by atoms with E-state index < -0.39 is 34.5 Å². The van der Waals surface area contributed by atoms with Crippen molar-refractivity contribution in [2.75, 3.05) is 31.3 Å². The molecule has 2 rings (SSSR count). The van der Waals surface area contributed by atoms with Crippen molar-refractivity contribution >= 4 is 39.2 Å². The van der Waals surface area contributed by atoms with Crippen molar-refractivity contribution in [3.8, 4) is 5.75 Å². The number of rotatable bonds is 9. The number of ether oxygens (including phenoxy) is 2. The van der Waals surface area contributed by atoms with Crippen LogP contribution in [0.2, 0.25) is 0 Å². The Morgan fingerprint density at radius 2 is 1.66 bits per heavy atom. The summed E-state index contributed by atoms with van der Waals surface area (Å²) in [5.74, 6) is -1.34. The molecule has 2 aromatic carbocycles. The van der Waals surface area contributed by atoms with Crippen LogP contribution in [-0.4, -0.2) is 57.3 Å². The second kappa shape index (κ2) is 10.7. The molecule has 1 atom stereocenters. The molecule has 2 amide bonds. The van der Waals surface area contributed by atoms with Gasteiger partial charge in [0.25, 0.3) is 5.91 Å². The lowest BCUT2D eigenvalue weighted by atomic mass is 10.2. The van der Waals surface area contributed by atoms with Gasteiger partial charge >= 0.3 is 5.97 Å². The molecule has 2 aromatic rings. The zero-order valence-corrected chi connectivity index (χ0v) is 18.9. The predicted molar refractivity (Wildman–Crippen MR) is 118 cm³/mol. The Labute approximate surface area is 186 Å². The molecule has 0 fully saturated rings. The maximum absolute atomic E-state index is 12.7. The molecule has 10 nitrogen and oxygen atoms in total. The van der Waals surface area contributed by atoms with Crippen LogP contribution >= 0.6 is 0 Å². The van der Waals surface area contributed by atoms with E-state index in [9.17, 15) is 22.8 Å². The SMILES string of the molecule is COc1ccccc1NC(=O)[C@@H](C)OC(=O)CN(C)S(=O)(=O)c1ccc(NC(C)=O)cc1. The summed E-state index contributed by atoms with van der Waals surface area (Å²) in [6, 6.07) is 12.2. The second-order valence-electron chi connectivity index (χ2n) is 6.79. The average Bonchev–Trinajstić information content (AvgIpc) is 2.73. The summed E-state index contributed by atoms with van der Waals surface area (Å²) in [6.45, 7) is 2.11. The molecule has 2 N–H and O–H groups in total. The highest BCUT2D eigenvalue weighted by molar-refractivity contribution is 7.89. The first kappa shape index (κ1) is 24.8. The summed E-state index contributed by atoms with van der Waals surface area (Å²) < 4.78 is 36.4. The molecule has 0 aliphatic carbocycles. The summed E-state index contributed by atoms with van der Waals surface area (Å²) in [4.78, 5) is 35.5. The van der Waals surface area contributed by atoms with Crippen molar-refractivity contribution in [2.45, 2.75) is 24.8 Å². The van der Waals surface area contributed by atoms with Gasteiger partial charge in [-0.25, -0.2) is 8.42 Å². The van der Waals surface area contributed by atoms with Crippen molar-refractivity contribution < 1.29 is 32.3 Å². The molecule has 0 heterocycles. The lowest BCUT2D eigenvalue weighted by Gasteiger charge is -2.19. The number of nitrogens with one attached hydrogen (secondary N) is 2. The van der Waals surface area contributed by atoms with Gasteiger partial charge in [0.05, 0.1) is 17.7 Å². The Morgan fingerprint density at radius 1 is 1.03 bits per heavy atom. The van der Waals surface area contributed by atoms with Gasteiger partial charge in [-0.3, -0.25) is 14.4 Å². The average molecular weight is 464 g/mol. The van der Waals surface area contributed by atoms with Gasteiger partial charge in [-0.15, -0.1) is 0 Å². The molecule has 0 aliphatic heterocycles. The quantitative estimate of drug-likeness (QED) is 0.543. The van der Waals surface area contributed by atoms with Crippen molar-refractivity contribution in [1.82, 2.24) is 4.31 Å². The number of hydrogen-bond donors (Lipinski definition) is 2. The molecular formula is C21H25N3O7S. The number of nitrogens with zero attached hydrogens (tertiary/aromatic N) is 1. The third-order valence-corrected chi connectivity index (χ3v) is 6.09. The Hall–Kier alpha value is -3.44. The molecule has 0 saturated carbocycles. The van der Waals surface area contributed by atoms with Crippen LogP contribution in [0.1, 0.15) is 13.8 Å². The van der Waals surface area contributed by atoms with Gasteiger partial charge in [-0.1, -0.05) is 12.1 Å². The van der Waals surface area contributed by atoms with Gasteiger partial charge in [-0.2, -0.15) is 4.31 Å². The molecule has 0 radical (unpaired) electrons. The molecule has 0 saturated heterocycles. The van der Waals surface area contributed by atoms with Crippen molar-refractivity contribution in [2.24, 2.45) is 0 Å². The van der Waals surface area contributed by atoms with Crippen LogP contribution in [0, 0.1) is 0 Å². The summed E-state index contributed by atoms with van der Waals surface area (Å²) in [6.07, 6.45) is -1.17. The van der Waals surface area contributed by atoms with Crippen molar-refractivity contribution in [3.63, 3.8) is 0 Å². The number of amides is 2. The fourth-order valence-corrected chi connectivity index (χ4v) is 3.75. The topological polar surface area (TPSA) is 131 Å². The summed E-state index contributed by atoms with van der Waals surface area (Å²) >= 11 is 0. The van der Waals surface area contributed by atoms with E-state index in [1.807, 2.05) is 0 Å². The van der Waals surface area contributed by atoms with Gasteiger partial charge in [0.1, 0.15) is 12.3 Å². The van der Waals surface area contributed by atoms with Crippen LogP contribution < -0.4 is 15.4 Å². The highest BCUT2D eigenvalue weighted by Crippen LogP contribution is 2.23. The maximum atomic E-state index is 12.7. The molecule has 0 aliphatic rings. The first-order valence-electron chi connectivity index (χ1n) is 9.52. The third-order valence-electron chi connectivity index (χ3n) is 4.28. The number of para-hydroxylation sites is 2. The molecule has 0 bridgehead atoms. The highest BCUT2D eigenvalue weighted by atomic mass is 32.2. The Balaban J connectivity index is 1.97. The van der Waals surface area contributed by atoms with Crippen molar-refractivity contribution in [3.05, 3.63) is 48.5 Å². The smallest absolute Gasteiger partial charge is 0.322 e. The zero-order valence-electron chi connectivity index (χ0n) is 18.1. The standard InChI is InChI=1S/C21H25N3O7S/c1-14(21(27)23-18-7-5-6-8-19(18)30-4)31-20(26)13-24(3)32(28,29)17-11-9-16(10-12-17)22-15(2)25/h5-12,14H,13H2,1-4H3,(H,22,25)(H,23,27)/t14-/m1/s1. The van der Waals surface area contributed by atoms with Crippen LogP contribution in [0.5, 0.6) is 5.75 Å². The van der Waals surface area contributed by atoms with E-state index in [-0.39, 0.29) is 10.8 Å². The lowest BCUT2D eigenvalue weighted by molar-refractivity contribution is -0.153. The summed E-state index contributed by atoms with van der Waals surface area (Å²) in [5.41, 5.74) is 0.846. The monoisotopic (exact) mass is 463 g/mol. The van der Waals surface area contributed by atoms with E-state index in [4.69, 9.17) is 9.47 Å². The van der Waals surface area contributed by atoms with E-state index in [2.05, 4.69) is 10.6 Å². The second-order valence-corrected chi connectivity index (χ2v) is 8.83. The first-order valence-corrected chi connectivity index (χ1v) is 11.0. The number of carbonyl (C=O) groups excluding carboxylic acids is 3. The molecular weight excluding hydrogens is 438 g/mol. The number of likely N-dealkylation sites (N-methyl/N-ethyl adjacent to an activating group) is 1. The lowest BCUT2D eigenvalue weighted by Crippen LogP contribution is -2.37. The van der Waals surface area contributed by atoms with Crippen molar-refractivity contribution in [1.29, 1.82) is 0 Å². The first-order chi connectivity index (χ1) is 15.0. The molecule has 32 heavy (non-hydrogen) atoms.